The number of benzene rings is 1. The summed E-state index contributed by atoms with van der Waals surface area (Å²) in [7, 11) is 0. The minimum absolute atomic E-state index is 0.00424. The van der Waals surface area contributed by atoms with Crippen molar-refractivity contribution in [3.05, 3.63) is 82.6 Å². The van der Waals surface area contributed by atoms with E-state index in [4.69, 9.17) is 0 Å². The molecule has 10 nitrogen and oxygen atoms in total. The smallest absolute Gasteiger partial charge is 0.355 e. The minimum Gasteiger partial charge on any atom is -0.384 e. The molecule has 6 rings (SSSR count). The fourth-order valence-electron chi connectivity index (χ4n) is 6.26. The van der Waals surface area contributed by atoms with Crippen LogP contribution in [0.4, 0.5) is 20.3 Å². The summed E-state index contributed by atoms with van der Waals surface area (Å²) in [6.45, 7) is 11.9. The van der Waals surface area contributed by atoms with E-state index in [2.05, 4.69) is 26.8 Å². The molecule has 2 bridgehead atoms. The zero-order valence-electron chi connectivity index (χ0n) is 25.5. The van der Waals surface area contributed by atoms with Crippen LogP contribution in [0.25, 0.3) is 28.0 Å². The second-order valence-corrected chi connectivity index (χ2v) is 11.8. The Balaban J connectivity index is 1.71. The number of carbonyl (C=O) groups excluding carboxylic acids is 2. The standard InChI is InChI=1S/C33H33F2N7O3/c1-6-26(44)40-15-19(5)41(16-18(40)4)31-21-14-23(35)29-27-22(34)8-7-9-24(27)36-13-11-25(43)20-10-12-37-28(17(2)3)30(20)42(32(21)38-29)33(45)39-31/h6-10,12,14,17-19,36H,1,11,13,15-16H2,2-5H3/t18-,19+/m1/s1. The van der Waals surface area contributed by atoms with Crippen LogP contribution in [0.2, 0.25) is 0 Å². The van der Waals surface area contributed by atoms with Gasteiger partial charge in [-0.2, -0.15) is 4.98 Å². The molecule has 2 aliphatic rings. The Morgan fingerprint density at radius 3 is 2.60 bits per heavy atom. The molecule has 2 atom stereocenters. The predicted molar refractivity (Wildman–Crippen MR) is 168 cm³/mol. The molecule has 45 heavy (non-hydrogen) atoms. The number of nitrogens with one attached hydrogen (secondary N) is 1. The van der Waals surface area contributed by atoms with Gasteiger partial charge >= 0.3 is 5.69 Å². The molecule has 0 spiro atoms. The number of hydrogen-bond donors (Lipinski definition) is 1. The number of pyridine rings is 2. The van der Waals surface area contributed by atoms with Crippen LogP contribution in [0, 0.1) is 11.6 Å². The third kappa shape index (κ3) is 5.03. The predicted octanol–water partition coefficient (Wildman–Crippen LogP) is 4.85. The van der Waals surface area contributed by atoms with E-state index in [9.17, 15) is 14.4 Å². The number of aromatic nitrogens is 4. The summed E-state index contributed by atoms with van der Waals surface area (Å²) in [5, 5.41) is 3.27. The molecule has 5 heterocycles. The fourth-order valence-corrected chi connectivity index (χ4v) is 6.26. The summed E-state index contributed by atoms with van der Waals surface area (Å²) in [5.41, 5.74) is 0.0381. The van der Waals surface area contributed by atoms with E-state index in [1.54, 1.807) is 17.0 Å². The summed E-state index contributed by atoms with van der Waals surface area (Å²) in [4.78, 5) is 57.6. The lowest BCUT2D eigenvalue weighted by Gasteiger charge is -2.44. The van der Waals surface area contributed by atoms with E-state index < -0.39 is 17.3 Å². The zero-order chi connectivity index (χ0) is 32.2. The van der Waals surface area contributed by atoms with E-state index in [1.807, 2.05) is 32.6 Å². The largest absolute Gasteiger partial charge is 0.384 e. The van der Waals surface area contributed by atoms with Crippen molar-refractivity contribution in [2.75, 3.05) is 29.9 Å². The van der Waals surface area contributed by atoms with Gasteiger partial charge in [-0.05, 0) is 50.1 Å². The third-order valence-corrected chi connectivity index (χ3v) is 8.46. The SMILES string of the molecule is C=CC(=O)N1C[C@H](C)N(c2nc(=O)n3c4nc(c(F)cc24)-c2c(F)cccc2NCCC(=O)c2ccnc(C(C)C)c2-3)C[C@H]1C. The number of hydrogen-bond acceptors (Lipinski definition) is 8. The Morgan fingerprint density at radius 1 is 1.09 bits per heavy atom. The van der Waals surface area contributed by atoms with Crippen molar-refractivity contribution in [1.82, 2.24) is 24.4 Å². The molecule has 1 fully saturated rings. The number of rotatable bonds is 3. The highest BCUT2D eigenvalue weighted by Gasteiger charge is 2.35. The van der Waals surface area contributed by atoms with Gasteiger partial charge in [-0.15, -0.1) is 0 Å². The molecule has 0 radical (unpaired) electrons. The van der Waals surface area contributed by atoms with Gasteiger partial charge in [-0.25, -0.2) is 23.1 Å². The molecule has 12 heteroatoms. The van der Waals surface area contributed by atoms with Gasteiger partial charge in [0.25, 0.3) is 0 Å². The van der Waals surface area contributed by atoms with Gasteiger partial charge in [0, 0.05) is 55.6 Å². The molecular formula is C33H33F2N7O3. The first-order chi connectivity index (χ1) is 21.5. The quantitative estimate of drug-likeness (QED) is 0.326. The maximum Gasteiger partial charge on any atom is 0.355 e. The number of carbonyl (C=O) groups is 2. The summed E-state index contributed by atoms with van der Waals surface area (Å²) in [6.07, 6.45) is 2.80. The van der Waals surface area contributed by atoms with Crippen molar-refractivity contribution >= 4 is 34.2 Å². The summed E-state index contributed by atoms with van der Waals surface area (Å²) >= 11 is 0. The maximum atomic E-state index is 16.2. The number of fused-ring (bicyclic) bond motifs is 5. The Hall–Kier alpha value is -5.00. The number of piperazine rings is 1. The van der Waals surface area contributed by atoms with Crippen molar-refractivity contribution in [3.8, 4) is 16.9 Å². The normalized spacial score (nSPS) is 18.2. The van der Waals surface area contributed by atoms with Crippen molar-refractivity contribution < 1.29 is 18.4 Å². The molecular weight excluding hydrogens is 580 g/mol. The molecule has 1 saturated heterocycles. The lowest BCUT2D eigenvalue weighted by Crippen LogP contribution is -2.58. The Labute approximate surface area is 258 Å². The Kier molecular flexibility index (Phi) is 7.67. The average molecular weight is 614 g/mol. The number of Topliss-reactive ketones (excluding diaryl/α,β-unsaturated/α-hetero) is 1. The molecule has 2 aliphatic heterocycles. The third-order valence-electron chi connectivity index (χ3n) is 8.46. The topological polar surface area (TPSA) is 113 Å². The number of ketones is 1. The van der Waals surface area contributed by atoms with Gasteiger partial charge in [0.05, 0.1) is 22.3 Å². The molecule has 0 unspecified atom stereocenters. The van der Waals surface area contributed by atoms with Crippen LogP contribution in [-0.4, -0.2) is 67.8 Å². The molecule has 1 aromatic carbocycles. The highest BCUT2D eigenvalue weighted by atomic mass is 19.1. The zero-order valence-corrected chi connectivity index (χ0v) is 25.5. The van der Waals surface area contributed by atoms with Crippen LogP contribution >= 0.6 is 0 Å². The van der Waals surface area contributed by atoms with Crippen molar-refractivity contribution in [2.45, 2.75) is 52.1 Å². The average Bonchev–Trinajstić information content (AvgIpc) is 3.00. The Bertz CT molecular complexity index is 1940. The molecule has 3 aromatic heterocycles. The first-order valence-corrected chi connectivity index (χ1v) is 14.9. The van der Waals surface area contributed by atoms with Gasteiger partial charge in [0.2, 0.25) is 5.91 Å². The molecule has 1 N–H and O–H groups in total. The van der Waals surface area contributed by atoms with Crippen molar-refractivity contribution in [1.29, 1.82) is 0 Å². The molecule has 4 aromatic rings. The fraction of sp³-hybridized carbons (Fsp3) is 0.333. The van der Waals surface area contributed by atoms with Crippen molar-refractivity contribution in [2.24, 2.45) is 0 Å². The summed E-state index contributed by atoms with van der Waals surface area (Å²) in [5.74, 6) is -2.05. The molecule has 0 saturated carbocycles. The summed E-state index contributed by atoms with van der Waals surface area (Å²) < 4.78 is 32.9. The molecule has 232 valence electrons. The lowest BCUT2D eigenvalue weighted by molar-refractivity contribution is -0.128. The number of amides is 1. The highest BCUT2D eigenvalue weighted by Crippen LogP contribution is 2.37. The van der Waals surface area contributed by atoms with E-state index in [-0.39, 0.29) is 87.7 Å². The van der Waals surface area contributed by atoms with Crippen LogP contribution in [0.3, 0.4) is 0 Å². The number of nitrogens with zero attached hydrogens (tertiary/aromatic N) is 6. The van der Waals surface area contributed by atoms with Gasteiger partial charge in [-0.3, -0.25) is 14.6 Å². The van der Waals surface area contributed by atoms with E-state index in [0.29, 0.717) is 18.8 Å². The van der Waals surface area contributed by atoms with Crippen molar-refractivity contribution in [3.63, 3.8) is 0 Å². The van der Waals surface area contributed by atoms with Gasteiger partial charge in [-0.1, -0.05) is 26.5 Å². The molecule has 1 amide bonds. The van der Waals surface area contributed by atoms with E-state index >= 15 is 8.78 Å². The van der Waals surface area contributed by atoms with E-state index in [1.165, 1.54) is 35.0 Å². The van der Waals surface area contributed by atoms with Gasteiger partial charge in [0.1, 0.15) is 17.3 Å². The first-order valence-electron chi connectivity index (χ1n) is 14.9. The van der Waals surface area contributed by atoms with Gasteiger partial charge < -0.3 is 15.1 Å². The Morgan fingerprint density at radius 2 is 1.87 bits per heavy atom. The van der Waals surface area contributed by atoms with Crippen LogP contribution in [-0.2, 0) is 4.79 Å². The lowest BCUT2D eigenvalue weighted by atomic mass is 9.99. The van der Waals surface area contributed by atoms with Crippen LogP contribution in [0.5, 0.6) is 0 Å². The monoisotopic (exact) mass is 613 g/mol. The maximum absolute atomic E-state index is 16.2. The van der Waals surface area contributed by atoms with E-state index in [0.717, 1.165) is 0 Å². The number of anilines is 2. The summed E-state index contributed by atoms with van der Waals surface area (Å²) in [6, 6.07) is 6.46. The van der Waals surface area contributed by atoms with Crippen LogP contribution < -0.4 is 15.9 Å². The molecule has 0 aliphatic carbocycles. The number of halogens is 2. The van der Waals surface area contributed by atoms with Crippen LogP contribution in [0.15, 0.2) is 54.0 Å². The second kappa shape index (κ2) is 11.5. The minimum atomic E-state index is -0.811. The van der Waals surface area contributed by atoms with Gasteiger partial charge in [0.15, 0.2) is 17.2 Å². The highest BCUT2D eigenvalue weighted by molar-refractivity contribution is 6.01. The second-order valence-electron chi connectivity index (χ2n) is 11.8. The first kappa shape index (κ1) is 30.0. The van der Waals surface area contributed by atoms with Crippen LogP contribution in [0.1, 0.15) is 56.1 Å².